The van der Waals surface area contributed by atoms with E-state index in [1.165, 1.54) is 0 Å². The minimum atomic E-state index is -0.321. The van der Waals surface area contributed by atoms with E-state index in [9.17, 15) is 5.11 Å². The topological polar surface area (TPSA) is 50.7 Å². The van der Waals surface area contributed by atoms with E-state index in [0.29, 0.717) is 19.8 Å². The summed E-state index contributed by atoms with van der Waals surface area (Å²) in [5.41, 5.74) is 1.14. The van der Waals surface area contributed by atoms with Crippen molar-refractivity contribution < 1.29 is 14.6 Å². The number of ether oxygens (including phenoxy) is 2. The maximum Gasteiger partial charge on any atom is 0.161 e. The third-order valence-electron chi connectivity index (χ3n) is 3.67. The molecule has 0 bridgehead atoms. The van der Waals surface area contributed by atoms with Crippen molar-refractivity contribution in [2.24, 2.45) is 5.92 Å². The third-order valence-corrected chi connectivity index (χ3v) is 3.67. The molecule has 4 nitrogen and oxygen atoms in total. The molecule has 112 valence electrons. The molecular formula is C16H25NO3. The summed E-state index contributed by atoms with van der Waals surface area (Å²) in [5.74, 6) is 1.90. The van der Waals surface area contributed by atoms with Crippen LogP contribution in [0.5, 0.6) is 11.5 Å². The normalized spacial score (nSPS) is 17.6. The predicted molar refractivity (Wildman–Crippen MR) is 79.3 cm³/mol. The summed E-state index contributed by atoms with van der Waals surface area (Å²) in [7, 11) is 0. The molecule has 1 aromatic carbocycles. The molecule has 2 unspecified atom stereocenters. The molecule has 1 heterocycles. The van der Waals surface area contributed by atoms with E-state index < -0.39 is 0 Å². The first-order valence-corrected chi connectivity index (χ1v) is 7.39. The van der Waals surface area contributed by atoms with Gasteiger partial charge in [-0.1, -0.05) is 19.9 Å². The lowest BCUT2D eigenvalue weighted by molar-refractivity contribution is 0.120. The Morgan fingerprint density at radius 2 is 1.85 bits per heavy atom. The lowest BCUT2D eigenvalue weighted by Crippen LogP contribution is -2.32. The molecule has 2 rings (SSSR count). The molecule has 0 spiro atoms. The first-order chi connectivity index (χ1) is 9.58. The van der Waals surface area contributed by atoms with Crippen molar-refractivity contribution in [2.75, 3.05) is 19.8 Å². The van der Waals surface area contributed by atoms with Gasteiger partial charge >= 0.3 is 0 Å². The number of hydrogen-bond acceptors (Lipinski definition) is 4. The van der Waals surface area contributed by atoms with Gasteiger partial charge in [-0.2, -0.15) is 0 Å². The van der Waals surface area contributed by atoms with Crippen LogP contribution in [0.1, 0.15) is 38.8 Å². The summed E-state index contributed by atoms with van der Waals surface area (Å²) < 4.78 is 11.3. The Bertz CT molecular complexity index is 434. The second-order valence-electron chi connectivity index (χ2n) is 5.70. The maximum absolute atomic E-state index is 9.84. The van der Waals surface area contributed by atoms with Crippen molar-refractivity contribution in [2.45, 2.75) is 39.3 Å². The summed E-state index contributed by atoms with van der Waals surface area (Å²) in [6.45, 7) is 8.12. The fraction of sp³-hybridized carbons (Fsp3) is 0.625. The van der Waals surface area contributed by atoms with Crippen molar-refractivity contribution in [3.8, 4) is 11.5 Å². The Labute approximate surface area is 121 Å². The molecule has 1 aliphatic heterocycles. The molecule has 0 saturated carbocycles. The van der Waals surface area contributed by atoms with Gasteiger partial charge in [0.1, 0.15) is 0 Å². The summed E-state index contributed by atoms with van der Waals surface area (Å²) >= 11 is 0. The summed E-state index contributed by atoms with van der Waals surface area (Å²) in [5, 5.41) is 13.2. The maximum atomic E-state index is 9.84. The van der Waals surface area contributed by atoms with Crippen LogP contribution >= 0.6 is 0 Å². The van der Waals surface area contributed by atoms with Crippen LogP contribution in [-0.2, 0) is 0 Å². The molecule has 0 fully saturated rings. The fourth-order valence-corrected chi connectivity index (χ4v) is 2.10. The van der Waals surface area contributed by atoms with Gasteiger partial charge in [-0.05, 0) is 30.5 Å². The minimum Gasteiger partial charge on any atom is -0.490 e. The van der Waals surface area contributed by atoms with Crippen molar-refractivity contribution in [3.63, 3.8) is 0 Å². The number of fused-ring (bicyclic) bond motifs is 1. The van der Waals surface area contributed by atoms with Crippen LogP contribution in [0.3, 0.4) is 0 Å². The number of aliphatic hydroxyl groups excluding tert-OH is 1. The molecule has 0 saturated heterocycles. The first kappa shape index (κ1) is 15.1. The number of hydrogen-bond donors (Lipinski definition) is 2. The zero-order valence-electron chi connectivity index (χ0n) is 12.6. The molecule has 0 amide bonds. The Hall–Kier alpha value is -1.26. The first-order valence-electron chi connectivity index (χ1n) is 7.39. The lowest BCUT2D eigenvalue weighted by atomic mass is 10.1. The molecule has 0 aliphatic carbocycles. The van der Waals surface area contributed by atoms with Gasteiger partial charge in [0.25, 0.3) is 0 Å². The fourth-order valence-electron chi connectivity index (χ4n) is 2.10. The van der Waals surface area contributed by atoms with Gasteiger partial charge in [-0.25, -0.2) is 0 Å². The molecule has 1 aliphatic rings. The van der Waals surface area contributed by atoms with Gasteiger partial charge < -0.3 is 19.9 Å². The second kappa shape index (κ2) is 6.95. The zero-order valence-corrected chi connectivity index (χ0v) is 12.6. The summed E-state index contributed by atoms with van der Waals surface area (Å²) in [6, 6.07) is 6.21. The highest BCUT2D eigenvalue weighted by Gasteiger charge is 2.15. The van der Waals surface area contributed by atoms with Gasteiger partial charge in [0.15, 0.2) is 11.5 Å². The van der Waals surface area contributed by atoms with Crippen LogP contribution in [0, 0.1) is 5.92 Å². The van der Waals surface area contributed by atoms with Crippen LogP contribution in [0.2, 0.25) is 0 Å². The van der Waals surface area contributed by atoms with Gasteiger partial charge in [0, 0.05) is 19.0 Å². The predicted octanol–water partition coefficient (Wildman–Crippen LogP) is 2.52. The molecule has 0 aromatic heterocycles. The Balaban J connectivity index is 1.99. The largest absolute Gasteiger partial charge is 0.490 e. The molecule has 20 heavy (non-hydrogen) atoms. The van der Waals surface area contributed by atoms with Crippen LogP contribution in [0.15, 0.2) is 18.2 Å². The Morgan fingerprint density at radius 1 is 1.15 bits per heavy atom. The van der Waals surface area contributed by atoms with Gasteiger partial charge in [0.05, 0.1) is 19.3 Å². The molecule has 4 heteroatoms. The van der Waals surface area contributed by atoms with Crippen molar-refractivity contribution >= 4 is 0 Å². The van der Waals surface area contributed by atoms with E-state index in [2.05, 4.69) is 12.2 Å². The van der Waals surface area contributed by atoms with E-state index in [1.54, 1.807) is 0 Å². The standard InChI is InChI=1S/C16H25NO3/c1-11(2)14(18)10-17-12(3)13-5-6-15-16(9-13)20-8-4-7-19-15/h5-6,9,11-12,14,17-18H,4,7-8,10H2,1-3H3. The van der Waals surface area contributed by atoms with Crippen LogP contribution in [-0.4, -0.2) is 31.0 Å². The lowest BCUT2D eigenvalue weighted by Gasteiger charge is -2.20. The Kier molecular flexibility index (Phi) is 5.26. The van der Waals surface area contributed by atoms with E-state index in [1.807, 2.05) is 32.0 Å². The second-order valence-corrected chi connectivity index (χ2v) is 5.70. The SMILES string of the molecule is CC(NCC(O)C(C)C)c1ccc2c(c1)OCCCO2. The monoisotopic (exact) mass is 279 g/mol. The van der Waals surface area contributed by atoms with Gasteiger partial charge in [-0.3, -0.25) is 0 Å². The molecule has 0 radical (unpaired) electrons. The van der Waals surface area contributed by atoms with Crippen LogP contribution in [0.4, 0.5) is 0 Å². The van der Waals surface area contributed by atoms with Crippen molar-refractivity contribution in [1.82, 2.24) is 5.32 Å². The highest BCUT2D eigenvalue weighted by molar-refractivity contribution is 5.44. The Morgan fingerprint density at radius 3 is 2.55 bits per heavy atom. The molecule has 1 aromatic rings. The summed E-state index contributed by atoms with van der Waals surface area (Å²) in [6.07, 6.45) is 0.594. The smallest absolute Gasteiger partial charge is 0.161 e. The summed E-state index contributed by atoms with van der Waals surface area (Å²) in [4.78, 5) is 0. The molecular weight excluding hydrogens is 254 g/mol. The van der Waals surface area contributed by atoms with Crippen molar-refractivity contribution in [1.29, 1.82) is 0 Å². The van der Waals surface area contributed by atoms with Crippen LogP contribution in [0.25, 0.3) is 0 Å². The zero-order chi connectivity index (χ0) is 14.5. The van der Waals surface area contributed by atoms with E-state index in [-0.39, 0.29) is 18.1 Å². The average Bonchev–Trinajstić information content (AvgIpc) is 2.68. The minimum absolute atomic E-state index is 0.167. The highest BCUT2D eigenvalue weighted by atomic mass is 16.5. The van der Waals surface area contributed by atoms with Gasteiger partial charge in [0.2, 0.25) is 0 Å². The van der Waals surface area contributed by atoms with E-state index >= 15 is 0 Å². The third kappa shape index (κ3) is 3.87. The van der Waals surface area contributed by atoms with Gasteiger partial charge in [-0.15, -0.1) is 0 Å². The van der Waals surface area contributed by atoms with Crippen molar-refractivity contribution in [3.05, 3.63) is 23.8 Å². The number of rotatable bonds is 5. The number of benzene rings is 1. The van der Waals surface area contributed by atoms with E-state index in [0.717, 1.165) is 23.5 Å². The highest BCUT2D eigenvalue weighted by Crippen LogP contribution is 2.32. The number of aliphatic hydroxyl groups is 1. The van der Waals surface area contributed by atoms with Crippen LogP contribution < -0.4 is 14.8 Å². The average molecular weight is 279 g/mol. The number of nitrogens with one attached hydrogen (secondary N) is 1. The molecule has 2 atom stereocenters. The quantitative estimate of drug-likeness (QED) is 0.869. The van der Waals surface area contributed by atoms with E-state index in [4.69, 9.17) is 9.47 Å². The molecule has 2 N–H and O–H groups in total.